The number of benzene rings is 3. The van der Waals surface area contributed by atoms with E-state index in [1.807, 2.05) is 30.3 Å². The van der Waals surface area contributed by atoms with E-state index in [9.17, 15) is 9.59 Å². The summed E-state index contributed by atoms with van der Waals surface area (Å²) in [5.74, 6) is -0.198. The Hall–Kier alpha value is -3.60. The molecule has 5 nitrogen and oxygen atoms in total. The highest BCUT2D eigenvalue weighted by Gasteiger charge is 2.09. The number of hydrogen-bond donors (Lipinski definition) is 3. The Bertz CT molecular complexity index is 1210. The van der Waals surface area contributed by atoms with Gasteiger partial charge in [-0.05, 0) is 41.8 Å². The average Bonchev–Trinajstić information content (AvgIpc) is 3.07. The zero-order valence-corrected chi connectivity index (χ0v) is 16.5. The van der Waals surface area contributed by atoms with Crippen LogP contribution in [0.1, 0.15) is 25.0 Å². The van der Waals surface area contributed by atoms with E-state index in [1.165, 1.54) is 17.9 Å². The van der Waals surface area contributed by atoms with Gasteiger partial charge in [0.05, 0.1) is 6.42 Å². The van der Waals surface area contributed by atoms with Gasteiger partial charge in [0.1, 0.15) is 0 Å². The lowest BCUT2D eigenvalue weighted by molar-refractivity contribution is -0.116. The number of para-hydroxylation sites is 1. The van der Waals surface area contributed by atoms with Crippen molar-refractivity contribution in [2.24, 2.45) is 0 Å². The maximum absolute atomic E-state index is 12.5. The van der Waals surface area contributed by atoms with Crippen molar-refractivity contribution in [2.75, 3.05) is 10.6 Å². The maximum atomic E-state index is 12.5. The topological polar surface area (TPSA) is 74.0 Å². The summed E-state index contributed by atoms with van der Waals surface area (Å²) in [6.45, 7) is 3.61. The normalized spacial score (nSPS) is 11.0. The van der Waals surface area contributed by atoms with Gasteiger partial charge >= 0.3 is 0 Å². The van der Waals surface area contributed by atoms with Crippen LogP contribution < -0.4 is 10.6 Å². The number of carbonyl (C=O) groups is 2. The molecule has 0 unspecified atom stereocenters. The molecule has 3 aromatic carbocycles. The number of aromatic nitrogens is 1. The fourth-order valence-electron chi connectivity index (χ4n) is 3.66. The lowest BCUT2D eigenvalue weighted by Crippen LogP contribution is -2.14. The number of carbonyl (C=O) groups excluding carboxylic acids is 2. The second-order valence-corrected chi connectivity index (χ2v) is 7.18. The Morgan fingerprint density at radius 3 is 2.38 bits per heavy atom. The molecular formula is C24H23N3O2. The van der Waals surface area contributed by atoms with Gasteiger partial charge in [0.25, 0.3) is 0 Å². The van der Waals surface area contributed by atoms with Gasteiger partial charge < -0.3 is 15.6 Å². The monoisotopic (exact) mass is 385 g/mol. The fraction of sp³-hybridized carbons (Fsp3) is 0.167. The van der Waals surface area contributed by atoms with Gasteiger partial charge in [0.2, 0.25) is 11.8 Å². The number of aryl methyl sites for hydroxylation is 1. The van der Waals surface area contributed by atoms with Crippen molar-refractivity contribution in [1.29, 1.82) is 0 Å². The van der Waals surface area contributed by atoms with Crippen molar-refractivity contribution in [3.63, 3.8) is 0 Å². The summed E-state index contributed by atoms with van der Waals surface area (Å²) in [4.78, 5) is 27.0. The third kappa shape index (κ3) is 3.99. The molecule has 0 saturated carbocycles. The van der Waals surface area contributed by atoms with Crippen molar-refractivity contribution < 1.29 is 9.59 Å². The molecular weight excluding hydrogens is 362 g/mol. The first-order valence-corrected chi connectivity index (χ1v) is 9.73. The molecule has 0 saturated heterocycles. The number of H-pyrrole nitrogens is 1. The first kappa shape index (κ1) is 18.7. The molecule has 0 aliphatic heterocycles. The van der Waals surface area contributed by atoms with Gasteiger partial charge in [-0.25, -0.2) is 0 Å². The van der Waals surface area contributed by atoms with Crippen molar-refractivity contribution in [1.82, 2.24) is 4.98 Å². The van der Waals surface area contributed by atoms with E-state index in [0.29, 0.717) is 0 Å². The number of fused-ring (bicyclic) bond motifs is 3. The Morgan fingerprint density at radius 2 is 1.66 bits per heavy atom. The average molecular weight is 385 g/mol. The number of nitrogens with one attached hydrogen (secondary N) is 3. The Kier molecular flexibility index (Phi) is 5.04. The number of aromatic amines is 1. The highest BCUT2D eigenvalue weighted by Crippen LogP contribution is 2.29. The van der Waals surface area contributed by atoms with Crippen molar-refractivity contribution in [3.8, 4) is 0 Å². The molecule has 0 atom stereocenters. The highest BCUT2D eigenvalue weighted by atomic mass is 16.2. The van der Waals surface area contributed by atoms with Crippen molar-refractivity contribution >= 4 is 45.0 Å². The zero-order chi connectivity index (χ0) is 20.4. The molecule has 0 aliphatic carbocycles. The molecule has 0 radical (unpaired) electrons. The van der Waals surface area contributed by atoms with Crippen LogP contribution in [0.2, 0.25) is 0 Å². The summed E-state index contributed by atoms with van der Waals surface area (Å²) in [6.07, 6.45) is 1.24. The molecule has 29 heavy (non-hydrogen) atoms. The van der Waals surface area contributed by atoms with E-state index in [1.54, 1.807) is 12.1 Å². The number of amides is 2. The Morgan fingerprint density at radius 1 is 0.897 bits per heavy atom. The van der Waals surface area contributed by atoms with E-state index in [0.717, 1.165) is 39.8 Å². The second kappa shape index (κ2) is 7.80. The SMILES string of the molecule is CCc1cccc2c1[nH]c1cc(NC(=O)Cc3ccc(NC(C)=O)cc3)ccc12. The number of rotatable bonds is 5. The number of hydrogen-bond acceptors (Lipinski definition) is 2. The summed E-state index contributed by atoms with van der Waals surface area (Å²) >= 11 is 0. The van der Waals surface area contributed by atoms with Gasteiger partial charge in [-0.2, -0.15) is 0 Å². The van der Waals surface area contributed by atoms with Crippen LogP contribution in [0, 0.1) is 0 Å². The van der Waals surface area contributed by atoms with Crippen LogP contribution >= 0.6 is 0 Å². The van der Waals surface area contributed by atoms with Crippen LogP contribution in [0.5, 0.6) is 0 Å². The standard InChI is InChI=1S/C24H23N3O2/c1-3-17-5-4-6-21-20-12-11-19(14-22(20)27-24(17)21)26-23(29)13-16-7-9-18(10-8-16)25-15(2)28/h4-12,14,27H,3,13H2,1-2H3,(H,25,28)(H,26,29). The van der Waals surface area contributed by atoms with E-state index < -0.39 is 0 Å². The van der Waals surface area contributed by atoms with E-state index in [-0.39, 0.29) is 18.2 Å². The van der Waals surface area contributed by atoms with Gasteiger partial charge in [-0.3, -0.25) is 9.59 Å². The minimum Gasteiger partial charge on any atom is -0.354 e. The van der Waals surface area contributed by atoms with Crippen LogP contribution in [0.15, 0.2) is 60.7 Å². The second-order valence-electron chi connectivity index (χ2n) is 7.18. The predicted octanol–water partition coefficient (Wildman–Crippen LogP) is 5.02. The molecule has 2 amide bonds. The van der Waals surface area contributed by atoms with Crippen LogP contribution in [0.4, 0.5) is 11.4 Å². The smallest absolute Gasteiger partial charge is 0.228 e. The van der Waals surface area contributed by atoms with Crippen LogP contribution in [-0.2, 0) is 22.4 Å². The fourth-order valence-corrected chi connectivity index (χ4v) is 3.66. The minimum absolute atomic E-state index is 0.0815. The predicted molar refractivity (Wildman–Crippen MR) is 118 cm³/mol. The third-order valence-corrected chi connectivity index (χ3v) is 5.02. The third-order valence-electron chi connectivity index (χ3n) is 5.02. The van der Waals surface area contributed by atoms with Crippen molar-refractivity contribution in [3.05, 3.63) is 71.8 Å². The molecule has 1 aromatic heterocycles. The summed E-state index contributed by atoms with van der Waals surface area (Å²) < 4.78 is 0. The van der Waals surface area contributed by atoms with Gasteiger partial charge in [0, 0.05) is 40.1 Å². The van der Waals surface area contributed by atoms with Gasteiger partial charge in [0.15, 0.2) is 0 Å². The molecule has 4 aromatic rings. The zero-order valence-electron chi connectivity index (χ0n) is 16.5. The highest BCUT2D eigenvalue weighted by molar-refractivity contribution is 6.09. The molecule has 0 spiro atoms. The van der Waals surface area contributed by atoms with Crippen LogP contribution in [-0.4, -0.2) is 16.8 Å². The molecule has 5 heteroatoms. The first-order valence-electron chi connectivity index (χ1n) is 9.73. The Labute approximate surface area is 169 Å². The first-order chi connectivity index (χ1) is 14.0. The Balaban J connectivity index is 1.50. The van der Waals surface area contributed by atoms with E-state index in [4.69, 9.17) is 0 Å². The van der Waals surface area contributed by atoms with Crippen LogP contribution in [0.25, 0.3) is 21.8 Å². The summed E-state index contributed by atoms with van der Waals surface area (Å²) in [5, 5.41) is 8.05. The maximum Gasteiger partial charge on any atom is 0.228 e. The van der Waals surface area contributed by atoms with Crippen LogP contribution in [0.3, 0.4) is 0 Å². The summed E-state index contributed by atoms with van der Waals surface area (Å²) in [6, 6.07) is 19.6. The molecule has 4 rings (SSSR count). The molecule has 0 aliphatic rings. The summed E-state index contributed by atoms with van der Waals surface area (Å²) in [5.41, 5.74) is 5.83. The molecule has 0 bridgehead atoms. The quantitative estimate of drug-likeness (QED) is 0.451. The largest absolute Gasteiger partial charge is 0.354 e. The molecule has 0 fully saturated rings. The lowest BCUT2D eigenvalue weighted by Gasteiger charge is -2.07. The molecule has 3 N–H and O–H groups in total. The number of anilines is 2. The van der Waals surface area contributed by atoms with E-state index >= 15 is 0 Å². The van der Waals surface area contributed by atoms with E-state index in [2.05, 4.69) is 40.7 Å². The van der Waals surface area contributed by atoms with Crippen molar-refractivity contribution in [2.45, 2.75) is 26.7 Å². The lowest BCUT2D eigenvalue weighted by atomic mass is 10.1. The molecule has 1 heterocycles. The molecule has 146 valence electrons. The minimum atomic E-state index is -0.117. The summed E-state index contributed by atoms with van der Waals surface area (Å²) in [7, 11) is 0. The van der Waals surface area contributed by atoms with Gasteiger partial charge in [-0.1, -0.05) is 43.3 Å². The van der Waals surface area contributed by atoms with Gasteiger partial charge in [-0.15, -0.1) is 0 Å².